The van der Waals surface area contributed by atoms with Crippen LogP contribution in [0.2, 0.25) is 0 Å². The summed E-state index contributed by atoms with van der Waals surface area (Å²) in [6, 6.07) is 4.21. The Morgan fingerprint density at radius 3 is 2.00 bits per heavy atom. The van der Waals surface area contributed by atoms with E-state index in [2.05, 4.69) is 41.9 Å². The normalized spacial score (nSPS) is 26.0. The zero-order chi connectivity index (χ0) is 21.8. The highest BCUT2D eigenvalue weighted by atomic mass is 16.5. The van der Waals surface area contributed by atoms with Gasteiger partial charge in [-0.15, -0.1) is 10.2 Å². The summed E-state index contributed by atoms with van der Waals surface area (Å²) >= 11 is 0. The lowest BCUT2D eigenvalue weighted by atomic mass is 9.88. The first-order chi connectivity index (χ1) is 15.8. The molecule has 1 amide bonds. The highest BCUT2D eigenvalue weighted by Crippen LogP contribution is 2.26. The van der Waals surface area contributed by atoms with Crippen molar-refractivity contribution in [2.75, 3.05) is 75.3 Å². The van der Waals surface area contributed by atoms with Gasteiger partial charge in [0.15, 0.2) is 11.6 Å². The summed E-state index contributed by atoms with van der Waals surface area (Å²) < 4.78 is 5.78. The highest BCUT2D eigenvalue weighted by molar-refractivity contribution is 5.79. The van der Waals surface area contributed by atoms with Crippen LogP contribution in [0.15, 0.2) is 12.1 Å². The summed E-state index contributed by atoms with van der Waals surface area (Å²) in [5.41, 5.74) is 0. The molecule has 8 heteroatoms. The third kappa shape index (κ3) is 5.17. The standard InChI is InChI=1S/C24H38N6O2/c31-24(20-5-2-1-3-6-20)30-16-14-29(15-17-30)23-9-8-22(25-26-23)28-12-10-27(11-13-28)19-21-7-4-18-32-21/h8-9,20-21H,1-7,10-19H2. The molecular weight excluding hydrogens is 404 g/mol. The molecule has 4 aliphatic rings. The van der Waals surface area contributed by atoms with Gasteiger partial charge in [-0.25, -0.2) is 0 Å². The molecule has 0 N–H and O–H groups in total. The molecule has 0 spiro atoms. The molecule has 4 fully saturated rings. The van der Waals surface area contributed by atoms with E-state index < -0.39 is 0 Å². The molecular formula is C24H38N6O2. The second kappa shape index (κ2) is 10.3. The Balaban J connectivity index is 1.08. The summed E-state index contributed by atoms with van der Waals surface area (Å²) in [4.78, 5) is 22.0. The zero-order valence-electron chi connectivity index (χ0n) is 19.3. The molecule has 5 rings (SSSR count). The molecule has 0 bridgehead atoms. The van der Waals surface area contributed by atoms with Gasteiger partial charge in [0.2, 0.25) is 5.91 Å². The molecule has 1 saturated carbocycles. The molecule has 176 valence electrons. The molecule has 0 aromatic carbocycles. The lowest BCUT2D eigenvalue weighted by Crippen LogP contribution is -2.51. The van der Waals surface area contributed by atoms with E-state index in [9.17, 15) is 4.79 Å². The van der Waals surface area contributed by atoms with Gasteiger partial charge in [0.05, 0.1) is 6.10 Å². The smallest absolute Gasteiger partial charge is 0.225 e. The number of rotatable bonds is 5. The maximum atomic E-state index is 12.8. The molecule has 32 heavy (non-hydrogen) atoms. The van der Waals surface area contributed by atoms with Crippen LogP contribution in [0.1, 0.15) is 44.9 Å². The number of carbonyl (C=O) groups is 1. The van der Waals surface area contributed by atoms with Crippen LogP contribution in [0.25, 0.3) is 0 Å². The molecule has 1 aromatic heterocycles. The van der Waals surface area contributed by atoms with Gasteiger partial charge in [-0.1, -0.05) is 19.3 Å². The number of hydrogen-bond donors (Lipinski definition) is 0. The van der Waals surface area contributed by atoms with Gasteiger partial charge in [0.25, 0.3) is 0 Å². The van der Waals surface area contributed by atoms with Gasteiger partial charge >= 0.3 is 0 Å². The van der Waals surface area contributed by atoms with Gasteiger partial charge in [0, 0.05) is 71.4 Å². The lowest BCUT2D eigenvalue weighted by Gasteiger charge is -2.38. The Kier molecular flexibility index (Phi) is 7.07. The van der Waals surface area contributed by atoms with Crippen molar-refractivity contribution in [3.05, 3.63) is 12.1 Å². The minimum absolute atomic E-state index is 0.264. The van der Waals surface area contributed by atoms with Crippen LogP contribution in [0.5, 0.6) is 0 Å². The van der Waals surface area contributed by atoms with E-state index in [0.29, 0.717) is 12.0 Å². The number of amides is 1. The monoisotopic (exact) mass is 442 g/mol. The van der Waals surface area contributed by atoms with Gasteiger partial charge in [0.1, 0.15) is 0 Å². The van der Waals surface area contributed by atoms with E-state index >= 15 is 0 Å². The summed E-state index contributed by atoms with van der Waals surface area (Å²) in [6.07, 6.45) is 8.71. The second-order valence-corrected chi connectivity index (χ2v) is 9.82. The summed E-state index contributed by atoms with van der Waals surface area (Å²) in [5.74, 6) is 2.54. The van der Waals surface area contributed by atoms with Crippen molar-refractivity contribution >= 4 is 17.5 Å². The van der Waals surface area contributed by atoms with E-state index in [1.54, 1.807) is 0 Å². The molecule has 1 aliphatic carbocycles. The minimum Gasteiger partial charge on any atom is -0.377 e. The van der Waals surface area contributed by atoms with Crippen LogP contribution in [0, 0.1) is 5.92 Å². The number of ether oxygens (including phenoxy) is 1. The molecule has 0 radical (unpaired) electrons. The van der Waals surface area contributed by atoms with E-state index in [0.717, 1.165) is 90.0 Å². The van der Waals surface area contributed by atoms with Crippen molar-refractivity contribution in [1.82, 2.24) is 20.0 Å². The number of piperazine rings is 2. The summed E-state index contributed by atoms with van der Waals surface area (Å²) in [5, 5.41) is 9.08. The van der Waals surface area contributed by atoms with Crippen molar-refractivity contribution in [1.29, 1.82) is 0 Å². The fourth-order valence-electron chi connectivity index (χ4n) is 5.66. The molecule has 8 nitrogen and oxygen atoms in total. The number of nitrogens with zero attached hydrogens (tertiary/aromatic N) is 6. The maximum absolute atomic E-state index is 12.8. The molecule has 1 aromatic rings. The SMILES string of the molecule is O=C(C1CCCCC1)N1CCN(c2ccc(N3CCN(CC4CCCO4)CC3)nn2)CC1. The van der Waals surface area contributed by atoms with Crippen molar-refractivity contribution in [3.63, 3.8) is 0 Å². The Labute approximate surface area is 191 Å². The van der Waals surface area contributed by atoms with Crippen LogP contribution >= 0.6 is 0 Å². The topological polar surface area (TPSA) is 65.0 Å². The predicted octanol–water partition coefficient (Wildman–Crippen LogP) is 2.01. The molecule has 1 atom stereocenters. The first-order valence-corrected chi connectivity index (χ1v) is 12.7. The minimum atomic E-state index is 0.264. The Bertz CT molecular complexity index is 731. The molecule has 1 unspecified atom stereocenters. The summed E-state index contributed by atoms with van der Waals surface area (Å²) in [6.45, 7) is 9.36. The first kappa shape index (κ1) is 21.9. The molecule has 3 aliphatic heterocycles. The van der Waals surface area contributed by atoms with Gasteiger partial charge in [-0.2, -0.15) is 0 Å². The van der Waals surface area contributed by atoms with Gasteiger partial charge in [-0.3, -0.25) is 9.69 Å². The van der Waals surface area contributed by atoms with Crippen molar-refractivity contribution in [3.8, 4) is 0 Å². The average Bonchev–Trinajstić information content (AvgIpc) is 3.38. The van der Waals surface area contributed by atoms with Crippen LogP contribution in [0.4, 0.5) is 11.6 Å². The highest BCUT2D eigenvalue weighted by Gasteiger charge is 2.29. The number of anilines is 2. The third-order valence-electron chi connectivity index (χ3n) is 7.69. The largest absolute Gasteiger partial charge is 0.377 e. The van der Waals surface area contributed by atoms with Crippen LogP contribution in [0.3, 0.4) is 0 Å². The maximum Gasteiger partial charge on any atom is 0.225 e. The molecule has 3 saturated heterocycles. The Hall–Kier alpha value is -1.93. The van der Waals surface area contributed by atoms with E-state index in [1.165, 1.54) is 32.1 Å². The van der Waals surface area contributed by atoms with E-state index in [1.807, 2.05) is 0 Å². The first-order valence-electron chi connectivity index (χ1n) is 12.7. The Morgan fingerprint density at radius 2 is 1.44 bits per heavy atom. The van der Waals surface area contributed by atoms with Crippen molar-refractivity contribution in [2.24, 2.45) is 5.92 Å². The van der Waals surface area contributed by atoms with E-state index in [-0.39, 0.29) is 5.92 Å². The average molecular weight is 443 g/mol. The van der Waals surface area contributed by atoms with Crippen LogP contribution in [-0.4, -0.2) is 97.5 Å². The third-order valence-corrected chi connectivity index (χ3v) is 7.69. The predicted molar refractivity (Wildman–Crippen MR) is 125 cm³/mol. The number of aromatic nitrogens is 2. The van der Waals surface area contributed by atoms with Crippen LogP contribution < -0.4 is 9.80 Å². The number of carbonyl (C=O) groups excluding carboxylic acids is 1. The quantitative estimate of drug-likeness (QED) is 0.691. The summed E-state index contributed by atoms with van der Waals surface area (Å²) in [7, 11) is 0. The zero-order valence-corrected chi connectivity index (χ0v) is 19.3. The van der Waals surface area contributed by atoms with Crippen molar-refractivity contribution in [2.45, 2.75) is 51.0 Å². The van der Waals surface area contributed by atoms with Crippen molar-refractivity contribution < 1.29 is 9.53 Å². The fraction of sp³-hybridized carbons (Fsp3) is 0.792. The lowest BCUT2D eigenvalue weighted by molar-refractivity contribution is -0.136. The van der Waals surface area contributed by atoms with Gasteiger partial charge < -0.3 is 19.4 Å². The van der Waals surface area contributed by atoms with E-state index in [4.69, 9.17) is 4.74 Å². The van der Waals surface area contributed by atoms with Crippen LogP contribution in [-0.2, 0) is 9.53 Å². The second-order valence-electron chi connectivity index (χ2n) is 9.82. The Morgan fingerprint density at radius 1 is 0.812 bits per heavy atom. The molecule has 4 heterocycles. The van der Waals surface area contributed by atoms with Gasteiger partial charge in [-0.05, 0) is 37.8 Å². The fourth-order valence-corrected chi connectivity index (χ4v) is 5.66. The number of hydrogen-bond acceptors (Lipinski definition) is 7.